The lowest BCUT2D eigenvalue weighted by Crippen LogP contribution is -2.44. The summed E-state index contributed by atoms with van der Waals surface area (Å²) in [5.74, 6) is -0.716. The molecular formula is C21H19Cl2N3O3. The van der Waals surface area contributed by atoms with Crippen molar-refractivity contribution in [2.45, 2.75) is 24.9 Å². The first-order valence-corrected chi connectivity index (χ1v) is 9.98. The molecule has 1 N–H and O–H groups in total. The minimum absolute atomic E-state index is 0.285. The molecule has 1 unspecified atom stereocenters. The zero-order valence-electron chi connectivity index (χ0n) is 15.7. The fourth-order valence-electron chi connectivity index (χ4n) is 3.99. The van der Waals surface area contributed by atoms with Gasteiger partial charge in [0.2, 0.25) is 5.91 Å². The number of fused-ring (bicyclic) bond motifs is 2. The Kier molecular flexibility index (Phi) is 5.00. The maximum Gasteiger partial charge on any atom is 0.325 e. The van der Waals surface area contributed by atoms with E-state index in [-0.39, 0.29) is 24.9 Å². The Morgan fingerprint density at radius 1 is 1.17 bits per heavy atom. The van der Waals surface area contributed by atoms with Crippen LogP contribution >= 0.6 is 23.2 Å². The maximum absolute atomic E-state index is 13.1. The predicted octanol–water partition coefficient (Wildman–Crippen LogP) is 3.35. The minimum Gasteiger partial charge on any atom is -0.340 e. The van der Waals surface area contributed by atoms with Gasteiger partial charge in [0.15, 0.2) is 0 Å². The van der Waals surface area contributed by atoms with Gasteiger partial charge in [0.05, 0.1) is 10.0 Å². The number of halogens is 2. The first-order chi connectivity index (χ1) is 13.8. The number of nitrogens with one attached hydrogen (secondary N) is 1. The maximum atomic E-state index is 13.1. The standard InChI is InChI=1S/C21H19Cl2N3O3/c1-25(11-13-6-7-16(22)17(23)10-13)18(27)12-26-19(28)21(24-20(26)29)9-8-14-4-2-3-5-15(14)21/h2-7,10H,8-9,11-12H2,1H3,(H,24,29). The number of benzene rings is 2. The van der Waals surface area contributed by atoms with Gasteiger partial charge in [-0.25, -0.2) is 4.79 Å². The number of urea groups is 1. The fraction of sp³-hybridized carbons (Fsp3) is 0.286. The zero-order valence-corrected chi connectivity index (χ0v) is 17.3. The van der Waals surface area contributed by atoms with Crippen molar-refractivity contribution in [3.8, 4) is 0 Å². The first kappa shape index (κ1) is 19.7. The molecule has 0 bridgehead atoms. The van der Waals surface area contributed by atoms with Crippen molar-refractivity contribution in [3.63, 3.8) is 0 Å². The molecule has 1 heterocycles. The molecule has 1 fully saturated rings. The zero-order chi connectivity index (χ0) is 20.8. The molecule has 1 saturated heterocycles. The number of carbonyl (C=O) groups is 3. The highest BCUT2D eigenvalue weighted by atomic mass is 35.5. The number of hydrogen-bond donors (Lipinski definition) is 1. The Labute approximate surface area is 178 Å². The molecule has 0 aromatic heterocycles. The Balaban J connectivity index is 1.48. The average molecular weight is 432 g/mol. The molecule has 8 heteroatoms. The third-order valence-corrected chi connectivity index (χ3v) is 6.28. The van der Waals surface area contributed by atoms with Gasteiger partial charge in [-0.05, 0) is 41.7 Å². The highest BCUT2D eigenvalue weighted by Gasteiger charge is 2.55. The van der Waals surface area contributed by atoms with Crippen LogP contribution in [0.2, 0.25) is 10.0 Å². The van der Waals surface area contributed by atoms with Crippen molar-refractivity contribution in [1.82, 2.24) is 15.1 Å². The van der Waals surface area contributed by atoms with Crippen molar-refractivity contribution in [3.05, 3.63) is 69.2 Å². The minimum atomic E-state index is -1.06. The third-order valence-electron chi connectivity index (χ3n) is 5.55. The molecule has 2 aromatic carbocycles. The van der Waals surface area contributed by atoms with E-state index < -0.39 is 11.6 Å². The van der Waals surface area contributed by atoms with Gasteiger partial charge in [0.1, 0.15) is 12.1 Å². The van der Waals surface area contributed by atoms with E-state index in [9.17, 15) is 14.4 Å². The highest BCUT2D eigenvalue weighted by molar-refractivity contribution is 6.42. The van der Waals surface area contributed by atoms with E-state index in [0.29, 0.717) is 22.9 Å². The van der Waals surface area contributed by atoms with Gasteiger partial charge in [-0.1, -0.05) is 53.5 Å². The molecule has 1 aliphatic carbocycles. The van der Waals surface area contributed by atoms with Crippen LogP contribution in [0.25, 0.3) is 0 Å². The third kappa shape index (κ3) is 3.36. The van der Waals surface area contributed by atoms with Crippen molar-refractivity contribution in [2.75, 3.05) is 13.6 Å². The monoisotopic (exact) mass is 431 g/mol. The number of hydrogen-bond acceptors (Lipinski definition) is 3. The van der Waals surface area contributed by atoms with E-state index >= 15 is 0 Å². The summed E-state index contributed by atoms with van der Waals surface area (Å²) in [4.78, 5) is 40.8. The molecular weight excluding hydrogens is 413 g/mol. The topological polar surface area (TPSA) is 69.7 Å². The summed E-state index contributed by atoms with van der Waals surface area (Å²) in [6, 6.07) is 12.2. The molecule has 4 rings (SSSR count). The van der Waals surface area contributed by atoms with Crippen molar-refractivity contribution in [2.24, 2.45) is 0 Å². The normalized spacial score (nSPS) is 20.2. The number of likely N-dealkylation sites (N-methyl/N-ethyl adjacent to an activating group) is 1. The van der Waals surface area contributed by atoms with Crippen molar-refractivity contribution >= 4 is 41.0 Å². The number of imide groups is 1. The molecule has 1 atom stereocenters. The Morgan fingerprint density at radius 2 is 1.93 bits per heavy atom. The summed E-state index contributed by atoms with van der Waals surface area (Å²) in [5.41, 5.74) is 1.60. The van der Waals surface area contributed by atoms with Crippen LogP contribution in [-0.2, 0) is 28.1 Å². The number of aryl methyl sites for hydroxylation is 1. The van der Waals surface area contributed by atoms with Gasteiger partial charge in [-0.15, -0.1) is 0 Å². The number of carbonyl (C=O) groups excluding carboxylic acids is 3. The quantitative estimate of drug-likeness (QED) is 0.754. The van der Waals surface area contributed by atoms with Crippen LogP contribution in [0.5, 0.6) is 0 Å². The van der Waals surface area contributed by atoms with Crippen LogP contribution < -0.4 is 5.32 Å². The van der Waals surface area contributed by atoms with E-state index in [1.807, 2.05) is 24.3 Å². The molecule has 4 amide bonds. The Morgan fingerprint density at radius 3 is 2.69 bits per heavy atom. The van der Waals surface area contributed by atoms with Gasteiger partial charge in [-0.2, -0.15) is 0 Å². The van der Waals surface area contributed by atoms with E-state index in [4.69, 9.17) is 23.2 Å². The number of rotatable bonds is 4. The summed E-state index contributed by atoms with van der Waals surface area (Å²) >= 11 is 11.9. The molecule has 150 valence electrons. The molecule has 2 aliphatic rings. The summed E-state index contributed by atoms with van der Waals surface area (Å²) in [5, 5.41) is 3.67. The summed E-state index contributed by atoms with van der Waals surface area (Å²) in [7, 11) is 1.62. The van der Waals surface area contributed by atoms with Crippen LogP contribution in [0.3, 0.4) is 0 Å². The Bertz CT molecular complexity index is 1030. The van der Waals surface area contributed by atoms with E-state index in [1.54, 1.807) is 25.2 Å². The van der Waals surface area contributed by atoms with Gasteiger partial charge in [-0.3, -0.25) is 14.5 Å². The van der Waals surface area contributed by atoms with Crippen LogP contribution in [0.1, 0.15) is 23.1 Å². The molecule has 0 radical (unpaired) electrons. The lowest BCUT2D eigenvalue weighted by Gasteiger charge is -2.23. The van der Waals surface area contributed by atoms with E-state index in [1.165, 1.54) is 4.90 Å². The first-order valence-electron chi connectivity index (χ1n) is 9.22. The highest BCUT2D eigenvalue weighted by Crippen LogP contribution is 2.41. The second-order valence-electron chi connectivity index (χ2n) is 7.38. The second-order valence-corrected chi connectivity index (χ2v) is 8.20. The van der Waals surface area contributed by atoms with E-state index in [2.05, 4.69) is 5.32 Å². The summed E-state index contributed by atoms with van der Waals surface area (Å²) in [6.07, 6.45) is 1.21. The van der Waals surface area contributed by atoms with Gasteiger partial charge in [0.25, 0.3) is 5.91 Å². The van der Waals surface area contributed by atoms with Gasteiger partial charge < -0.3 is 10.2 Å². The second kappa shape index (κ2) is 7.35. The smallest absolute Gasteiger partial charge is 0.325 e. The fourth-order valence-corrected chi connectivity index (χ4v) is 4.31. The van der Waals surface area contributed by atoms with Crippen LogP contribution in [0.15, 0.2) is 42.5 Å². The van der Waals surface area contributed by atoms with Crippen LogP contribution in [0.4, 0.5) is 4.79 Å². The lowest BCUT2D eigenvalue weighted by molar-refractivity contribution is -0.138. The average Bonchev–Trinajstić information content (AvgIpc) is 3.18. The van der Waals surface area contributed by atoms with Gasteiger partial charge in [0, 0.05) is 13.6 Å². The SMILES string of the molecule is CN(Cc1ccc(Cl)c(Cl)c1)C(=O)CN1C(=O)NC2(CCc3ccccc32)C1=O. The molecule has 2 aromatic rings. The number of nitrogens with zero attached hydrogens (tertiary/aromatic N) is 2. The molecule has 29 heavy (non-hydrogen) atoms. The molecule has 6 nitrogen and oxygen atoms in total. The van der Waals surface area contributed by atoms with Crippen molar-refractivity contribution in [1.29, 1.82) is 0 Å². The predicted molar refractivity (Wildman–Crippen MR) is 110 cm³/mol. The summed E-state index contributed by atoms with van der Waals surface area (Å²) in [6.45, 7) is -0.0280. The molecule has 1 spiro atoms. The molecule has 0 saturated carbocycles. The van der Waals surface area contributed by atoms with Gasteiger partial charge >= 0.3 is 6.03 Å². The largest absolute Gasteiger partial charge is 0.340 e. The Hall–Kier alpha value is -2.57. The molecule has 1 aliphatic heterocycles. The van der Waals surface area contributed by atoms with Crippen LogP contribution in [0, 0.1) is 0 Å². The number of amides is 4. The van der Waals surface area contributed by atoms with E-state index in [0.717, 1.165) is 21.6 Å². The van der Waals surface area contributed by atoms with Crippen LogP contribution in [-0.4, -0.2) is 41.2 Å². The van der Waals surface area contributed by atoms with Crippen molar-refractivity contribution < 1.29 is 14.4 Å². The lowest BCUT2D eigenvalue weighted by atomic mass is 9.92. The summed E-state index contributed by atoms with van der Waals surface area (Å²) < 4.78 is 0.